The molecule has 4 fully saturated rings. The molecule has 6 nitrogen and oxygen atoms in total. The summed E-state index contributed by atoms with van der Waals surface area (Å²) in [6.45, 7) is 6.82. The largest absolute Gasteiger partial charge is 0.356 e. The SMILES string of the molecule is CCN1CC2(CCN(S(=O)(=O)C3CC3)CC2)[C@]2(CCNC2=O)C1. The Labute approximate surface area is 138 Å². The summed E-state index contributed by atoms with van der Waals surface area (Å²) in [5.74, 6) is 0.201. The lowest BCUT2D eigenvalue weighted by atomic mass is 9.60. The van der Waals surface area contributed by atoms with Crippen molar-refractivity contribution in [1.29, 1.82) is 0 Å². The number of likely N-dealkylation sites (tertiary alicyclic amines) is 1. The van der Waals surface area contributed by atoms with E-state index in [0.29, 0.717) is 13.1 Å². The molecule has 0 aromatic heterocycles. The highest BCUT2D eigenvalue weighted by molar-refractivity contribution is 7.90. The van der Waals surface area contributed by atoms with Gasteiger partial charge in [-0.3, -0.25) is 4.79 Å². The zero-order valence-electron chi connectivity index (χ0n) is 13.9. The van der Waals surface area contributed by atoms with Crippen molar-refractivity contribution in [1.82, 2.24) is 14.5 Å². The summed E-state index contributed by atoms with van der Waals surface area (Å²) in [5, 5.41) is 2.91. The second-order valence-electron chi connectivity index (χ2n) is 7.81. The number of hydrogen-bond donors (Lipinski definition) is 1. The van der Waals surface area contributed by atoms with Crippen molar-refractivity contribution in [2.75, 3.05) is 39.3 Å². The Morgan fingerprint density at radius 1 is 1.17 bits per heavy atom. The van der Waals surface area contributed by atoms with Crippen molar-refractivity contribution in [3.05, 3.63) is 0 Å². The van der Waals surface area contributed by atoms with Crippen LogP contribution in [-0.2, 0) is 14.8 Å². The lowest BCUT2D eigenvalue weighted by molar-refractivity contribution is -0.133. The quantitative estimate of drug-likeness (QED) is 0.807. The summed E-state index contributed by atoms with van der Waals surface area (Å²) in [7, 11) is -3.08. The van der Waals surface area contributed by atoms with Gasteiger partial charge in [0.1, 0.15) is 0 Å². The number of nitrogens with one attached hydrogen (secondary N) is 1. The molecule has 1 atom stereocenters. The zero-order valence-corrected chi connectivity index (χ0v) is 14.7. The first-order chi connectivity index (χ1) is 10.9. The third-order valence-electron chi connectivity index (χ3n) is 6.74. The number of sulfonamides is 1. The normalized spacial score (nSPS) is 35.3. The van der Waals surface area contributed by atoms with Crippen LogP contribution in [0, 0.1) is 10.8 Å². The lowest BCUT2D eigenvalue weighted by Crippen LogP contribution is -2.53. The van der Waals surface area contributed by atoms with Crippen LogP contribution in [0.2, 0.25) is 0 Å². The van der Waals surface area contributed by atoms with Crippen LogP contribution < -0.4 is 5.32 Å². The van der Waals surface area contributed by atoms with Crippen molar-refractivity contribution >= 4 is 15.9 Å². The number of carbonyl (C=O) groups excluding carboxylic acids is 1. The Hall–Kier alpha value is -0.660. The smallest absolute Gasteiger partial charge is 0.228 e. The van der Waals surface area contributed by atoms with E-state index in [2.05, 4.69) is 17.1 Å². The zero-order chi connectivity index (χ0) is 16.3. The number of fused-ring (bicyclic) bond motifs is 1. The van der Waals surface area contributed by atoms with Crippen LogP contribution in [0.4, 0.5) is 0 Å². The molecule has 4 aliphatic rings. The first-order valence-corrected chi connectivity index (χ1v) is 10.4. The van der Waals surface area contributed by atoms with E-state index >= 15 is 0 Å². The van der Waals surface area contributed by atoms with Gasteiger partial charge in [0.2, 0.25) is 15.9 Å². The van der Waals surface area contributed by atoms with Crippen LogP contribution in [0.5, 0.6) is 0 Å². The van der Waals surface area contributed by atoms with Gasteiger partial charge in [0.15, 0.2) is 0 Å². The highest BCUT2D eigenvalue weighted by Crippen LogP contribution is 2.56. The Balaban J connectivity index is 1.57. The van der Waals surface area contributed by atoms with E-state index in [0.717, 1.165) is 58.3 Å². The Morgan fingerprint density at radius 2 is 1.87 bits per heavy atom. The minimum absolute atomic E-state index is 0.0425. The van der Waals surface area contributed by atoms with Crippen LogP contribution in [-0.4, -0.2) is 68.0 Å². The van der Waals surface area contributed by atoms with Gasteiger partial charge in [-0.2, -0.15) is 0 Å². The number of carbonyl (C=O) groups is 1. The molecule has 0 unspecified atom stereocenters. The van der Waals surface area contributed by atoms with E-state index in [1.807, 2.05) is 0 Å². The highest BCUT2D eigenvalue weighted by Gasteiger charge is 2.63. The number of rotatable bonds is 3. The molecule has 0 bridgehead atoms. The summed E-state index contributed by atoms with van der Waals surface area (Å²) >= 11 is 0. The van der Waals surface area contributed by atoms with Crippen molar-refractivity contribution in [2.24, 2.45) is 10.8 Å². The molecule has 1 N–H and O–H groups in total. The second-order valence-corrected chi connectivity index (χ2v) is 10.0. The maximum Gasteiger partial charge on any atom is 0.228 e. The monoisotopic (exact) mass is 341 g/mol. The summed E-state index contributed by atoms with van der Waals surface area (Å²) in [6, 6.07) is 0. The molecule has 1 amide bonds. The molecule has 4 rings (SSSR count). The molecule has 130 valence electrons. The van der Waals surface area contributed by atoms with Gasteiger partial charge in [-0.15, -0.1) is 0 Å². The molecule has 3 aliphatic heterocycles. The summed E-state index contributed by atoms with van der Waals surface area (Å²) in [6.07, 6.45) is 4.18. The van der Waals surface area contributed by atoms with Gasteiger partial charge in [-0.25, -0.2) is 12.7 Å². The van der Waals surface area contributed by atoms with Crippen LogP contribution >= 0.6 is 0 Å². The summed E-state index contributed by atoms with van der Waals surface area (Å²) < 4.78 is 26.7. The van der Waals surface area contributed by atoms with Gasteiger partial charge in [0.25, 0.3) is 0 Å². The molecule has 0 radical (unpaired) electrons. The van der Waals surface area contributed by atoms with Gasteiger partial charge in [-0.1, -0.05) is 6.92 Å². The Kier molecular flexibility index (Phi) is 3.56. The average molecular weight is 341 g/mol. The minimum atomic E-state index is -3.08. The van der Waals surface area contributed by atoms with Crippen LogP contribution in [0.1, 0.15) is 39.0 Å². The molecule has 3 saturated heterocycles. The van der Waals surface area contributed by atoms with Gasteiger partial charge in [-0.05, 0) is 38.6 Å². The fraction of sp³-hybridized carbons (Fsp3) is 0.938. The molecule has 0 aromatic rings. The van der Waals surface area contributed by atoms with Gasteiger partial charge in [0, 0.05) is 38.1 Å². The van der Waals surface area contributed by atoms with Crippen LogP contribution in [0.3, 0.4) is 0 Å². The third kappa shape index (κ3) is 2.19. The topological polar surface area (TPSA) is 69.7 Å². The predicted octanol–water partition coefficient (Wildman–Crippen LogP) is 0.403. The van der Waals surface area contributed by atoms with Gasteiger partial charge >= 0.3 is 0 Å². The van der Waals surface area contributed by atoms with E-state index in [1.165, 1.54) is 0 Å². The molecule has 23 heavy (non-hydrogen) atoms. The molecule has 7 heteroatoms. The van der Waals surface area contributed by atoms with E-state index in [-0.39, 0.29) is 22.0 Å². The maximum atomic E-state index is 12.7. The van der Waals surface area contributed by atoms with Crippen molar-refractivity contribution in [3.63, 3.8) is 0 Å². The number of nitrogens with zero attached hydrogens (tertiary/aromatic N) is 2. The molecule has 1 saturated carbocycles. The Bertz CT molecular complexity index is 608. The summed E-state index contributed by atoms with van der Waals surface area (Å²) in [5.41, 5.74) is -0.336. The first kappa shape index (κ1) is 15.8. The first-order valence-electron chi connectivity index (χ1n) is 8.93. The minimum Gasteiger partial charge on any atom is -0.356 e. The average Bonchev–Trinajstić information content (AvgIpc) is 3.28. The molecule has 0 aromatic carbocycles. The standard InChI is InChI=1S/C16H27N3O3S/c1-2-18-11-15(16(12-18)5-8-17-14(16)20)6-9-19(10-7-15)23(21,22)13-3-4-13/h13H,2-12H2,1H3,(H,17,20)/t16-/m1/s1. The maximum absolute atomic E-state index is 12.7. The Morgan fingerprint density at radius 3 is 2.39 bits per heavy atom. The van der Waals surface area contributed by atoms with E-state index in [4.69, 9.17) is 0 Å². The van der Waals surface area contributed by atoms with E-state index in [9.17, 15) is 13.2 Å². The molecular formula is C16H27N3O3S. The van der Waals surface area contributed by atoms with Crippen molar-refractivity contribution < 1.29 is 13.2 Å². The summed E-state index contributed by atoms with van der Waals surface area (Å²) in [4.78, 5) is 15.0. The van der Waals surface area contributed by atoms with Crippen LogP contribution in [0.25, 0.3) is 0 Å². The molecular weight excluding hydrogens is 314 g/mol. The van der Waals surface area contributed by atoms with E-state index in [1.54, 1.807) is 4.31 Å². The molecule has 2 spiro atoms. The van der Waals surface area contributed by atoms with Gasteiger partial charge in [0.05, 0.1) is 10.7 Å². The van der Waals surface area contributed by atoms with Gasteiger partial charge < -0.3 is 10.2 Å². The predicted molar refractivity (Wildman–Crippen MR) is 87.4 cm³/mol. The number of hydrogen-bond acceptors (Lipinski definition) is 4. The fourth-order valence-corrected chi connectivity index (χ4v) is 6.96. The lowest BCUT2D eigenvalue weighted by Gasteiger charge is -2.46. The van der Waals surface area contributed by atoms with Crippen molar-refractivity contribution in [2.45, 2.75) is 44.3 Å². The number of amides is 1. The van der Waals surface area contributed by atoms with Crippen LogP contribution in [0.15, 0.2) is 0 Å². The van der Waals surface area contributed by atoms with Crippen molar-refractivity contribution in [3.8, 4) is 0 Å². The third-order valence-corrected chi connectivity index (χ3v) is 9.14. The molecule has 3 heterocycles. The molecule has 1 aliphatic carbocycles. The van der Waals surface area contributed by atoms with E-state index < -0.39 is 10.0 Å². The second kappa shape index (κ2) is 5.17. The number of piperidine rings is 1. The highest BCUT2D eigenvalue weighted by atomic mass is 32.2. The fourth-order valence-electron chi connectivity index (χ4n) is 5.12.